The molecule has 2 heteroatoms. The van der Waals surface area contributed by atoms with Gasteiger partial charge in [-0.15, -0.1) is 0 Å². The van der Waals surface area contributed by atoms with Crippen molar-refractivity contribution in [1.82, 2.24) is 10.6 Å². The molecule has 0 radical (unpaired) electrons. The van der Waals surface area contributed by atoms with Gasteiger partial charge in [-0.3, -0.25) is 0 Å². The molecule has 4 aromatic rings. The Hall–Kier alpha value is -3.20. The molecule has 0 fully saturated rings. The highest BCUT2D eigenvalue weighted by atomic mass is 14.9. The van der Waals surface area contributed by atoms with Gasteiger partial charge in [-0.1, -0.05) is 115 Å². The summed E-state index contributed by atoms with van der Waals surface area (Å²) in [7, 11) is 2.02. The van der Waals surface area contributed by atoms with E-state index in [0.717, 1.165) is 19.6 Å². The first-order valence-electron chi connectivity index (χ1n) is 11.4. The van der Waals surface area contributed by atoms with Gasteiger partial charge in [0.1, 0.15) is 0 Å². The van der Waals surface area contributed by atoms with Gasteiger partial charge in [0, 0.05) is 31.5 Å². The summed E-state index contributed by atoms with van der Waals surface area (Å²) >= 11 is 0. The van der Waals surface area contributed by atoms with Crippen LogP contribution < -0.4 is 10.6 Å². The SMILES string of the molecule is CNCC(c1ccccc1)c1cccc(CNCC(c2ccccc2)c2ccccc2)c1. The standard InChI is InChI=1S/C30H32N2/c1-31-22-29(25-13-5-2-6-14-25)28-19-11-12-24(20-28)21-32-23-30(26-15-7-3-8-16-26)27-17-9-4-10-18-27/h2-20,29-32H,21-23H2,1H3. The van der Waals surface area contributed by atoms with Crippen LogP contribution in [-0.2, 0) is 6.54 Å². The highest BCUT2D eigenvalue weighted by Gasteiger charge is 2.15. The van der Waals surface area contributed by atoms with Crippen LogP contribution >= 0.6 is 0 Å². The van der Waals surface area contributed by atoms with E-state index in [1.807, 2.05) is 7.05 Å². The van der Waals surface area contributed by atoms with Crippen molar-refractivity contribution in [1.29, 1.82) is 0 Å². The summed E-state index contributed by atoms with van der Waals surface area (Å²) in [4.78, 5) is 0. The van der Waals surface area contributed by atoms with Gasteiger partial charge in [0.25, 0.3) is 0 Å². The van der Waals surface area contributed by atoms with E-state index in [9.17, 15) is 0 Å². The second-order valence-electron chi connectivity index (χ2n) is 8.27. The molecule has 2 N–H and O–H groups in total. The zero-order valence-electron chi connectivity index (χ0n) is 18.7. The summed E-state index contributed by atoms with van der Waals surface area (Å²) in [6.07, 6.45) is 0. The Labute approximate surface area is 192 Å². The molecule has 2 nitrogen and oxygen atoms in total. The van der Waals surface area contributed by atoms with Crippen LogP contribution in [0.2, 0.25) is 0 Å². The third-order valence-electron chi connectivity index (χ3n) is 6.05. The van der Waals surface area contributed by atoms with E-state index in [1.54, 1.807) is 0 Å². The minimum Gasteiger partial charge on any atom is -0.319 e. The minimum atomic E-state index is 0.335. The number of hydrogen-bond acceptors (Lipinski definition) is 2. The lowest BCUT2D eigenvalue weighted by Gasteiger charge is -2.20. The molecule has 32 heavy (non-hydrogen) atoms. The maximum absolute atomic E-state index is 3.72. The maximum atomic E-state index is 3.72. The Balaban J connectivity index is 1.47. The van der Waals surface area contributed by atoms with Crippen molar-refractivity contribution in [2.75, 3.05) is 20.1 Å². The zero-order chi connectivity index (χ0) is 22.0. The summed E-state index contributed by atoms with van der Waals surface area (Å²) in [6.45, 7) is 2.67. The van der Waals surface area contributed by atoms with Gasteiger partial charge in [0.2, 0.25) is 0 Å². The first kappa shape index (κ1) is 22.0. The number of benzene rings is 4. The van der Waals surface area contributed by atoms with Gasteiger partial charge in [0.05, 0.1) is 0 Å². The quantitative estimate of drug-likeness (QED) is 0.331. The average molecular weight is 421 g/mol. The monoisotopic (exact) mass is 420 g/mol. The van der Waals surface area contributed by atoms with Crippen molar-refractivity contribution >= 4 is 0 Å². The van der Waals surface area contributed by atoms with Crippen LogP contribution in [0.3, 0.4) is 0 Å². The summed E-state index contributed by atoms with van der Waals surface area (Å²) in [5.41, 5.74) is 6.71. The zero-order valence-corrected chi connectivity index (χ0v) is 18.7. The van der Waals surface area contributed by atoms with Gasteiger partial charge in [-0.05, 0) is 34.9 Å². The van der Waals surface area contributed by atoms with E-state index in [2.05, 4.69) is 126 Å². The minimum absolute atomic E-state index is 0.335. The van der Waals surface area contributed by atoms with E-state index in [0.29, 0.717) is 11.8 Å². The third-order valence-corrected chi connectivity index (χ3v) is 6.05. The molecule has 0 aliphatic rings. The van der Waals surface area contributed by atoms with Gasteiger partial charge >= 0.3 is 0 Å². The smallest absolute Gasteiger partial charge is 0.0214 e. The van der Waals surface area contributed by atoms with Crippen molar-refractivity contribution in [2.24, 2.45) is 0 Å². The molecule has 1 unspecified atom stereocenters. The number of hydrogen-bond donors (Lipinski definition) is 2. The summed E-state index contributed by atoms with van der Waals surface area (Å²) < 4.78 is 0. The van der Waals surface area contributed by atoms with Gasteiger partial charge in [0.15, 0.2) is 0 Å². The second kappa shape index (κ2) is 11.4. The van der Waals surface area contributed by atoms with Gasteiger partial charge < -0.3 is 10.6 Å². The summed E-state index contributed by atoms with van der Waals surface area (Å²) in [5, 5.41) is 7.08. The average Bonchev–Trinajstić information content (AvgIpc) is 2.87. The van der Waals surface area contributed by atoms with Crippen LogP contribution in [-0.4, -0.2) is 20.1 Å². The molecule has 0 spiro atoms. The van der Waals surface area contributed by atoms with Crippen molar-refractivity contribution < 1.29 is 0 Å². The van der Waals surface area contributed by atoms with Gasteiger partial charge in [-0.25, -0.2) is 0 Å². The first-order chi connectivity index (χ1) is 15.8. The largest absolute Gasteiger partial charge is 0.319 e. The van der Waals surface area contributed by atoms with Crippen LogP contribution in [0.4, 0.5) is 0 Å². The van der Waals surface area contributed by atoms with Crippen LogP contribution in [0, 0.1) is 0 Å². The maximum Gasteiger partial charge on any atom is 0.0214 e. The molecule has 0 bridgehead atoms. The summed E-state index contributed by atoms with van der Waals surface area (Å²) in [5.74, 6) is 0.685. The molecule has 0 saturated carbocycles. The lowest BCUT2D eigenvalue weighted by Crippen LogP contribution is -2.22. The van der Waals surface area contributed by atoms with E-state index in [1.165, 1.54) is 27.8 Å². The fraction of sp³-hybridized carbons (Fsp3) is 0.200. The lowest BCUT2D eigenvalue weighted by atomic mass is 9.90. The van der Waals surface area contributed by atoms with E-state index < -0.39 is 0 Å². The molecule has 162 valence electrons. The first-order valence-corrected chi connectivity index (χ1v) is 11.4. The second-order valence-corrected chi connectivity index (χ2v) is 8.27. The predicted octanol–water partition coefficient (Wildman–Crippen LogP) is 5.96. The van der Waals surface area contributed by atoms with Crippen molar-refractivity contribution in [3.63, 3.8) is 0 Å². The number of likely N-dealkylation sites (N-methyl/N-ethyl adjacent to an activating group) is 1. The van der Waals surface area contributed by atoms with Crippen molar-refractivity contribution in [2.45, 2.75) is 18.4 Å². The Morgan fingerprint density at radius 3 is 1.50 bits per heavy atom. The lowest BCUT2D eigenvalue weighted by molar-refractivity contribution is 0.634. The molecule has 4 rings (SSSR count). The van der Waals surface area contributed by atoms with Gasteiger partial charge in [-0.2, -0.15) is 0 Å². The number of rotatable bonds is 10. The van der Waals surface area contributed by atoms with Crippen molar-refractivity contribution in [3.05, 3.63) is 143 Å². The van der Waals surface area contributed by atoms with E-state index in [4.69, 9.17) is 0 Å². The summed E-state index contributed by atoms with van der Waals surface area (Å²) in [6, 6.07) is 41.3. The van der Waals surface area contributed by atoms with Crippen molar-refractivity contribution in [3.8, 4) is 0 Å². The van der Waals surface area contributed by atoms with Crippen LogP contribution in [0.25, 0.3) is 0 Å². The predicted molar refractivity (Wildman–Crippen MR) is 135 cm³/mol. The van der Waals surface area contributed by atoms with Crippen LogP contribution in [0.5, 0.6) is 0 Å². The molecule has 0 saturated heterocycles. The number of nitrogens with one attached hydrogen (secondary N) is 2. The Morgan fingerprint density at radius 2 is 1.00 bits per heavy atom. The molecule has 0 heterocycles. The Kier molecular flexibility index (Phi) is 7.86. The highest BCUT2D eigenvalue weighted by Crippen LogP contribution is 2.26. The Morgan fingerprint density at radius 1 is 0.531 bits per heavy atom. The molecular formula is C30H32N2. The molecule has 4 aromatic carbocycles. The fourth-order valence-corrected chi connectivity index (χ4v) is 4.40. The normalized spacial score (nSPS) is 12.1. The molecule has 0 aliphatic carbocycles. The molecule has 0 aromatic heterocycles. The molecule has 0 amide bonds. The topological polar surface area (TPSA) is 24.1 Å². The Bertz CT molecular complexity index is 1020. The van der Waals surface area contributed by atoms with Crippen LogP contribution in [0.1, 0.15) is 39.7 Å². The fourth-order valence-electron chi connectivity index (χ4n) is 4.40. The molecule has 0 aliphatic heterocycles. The van der Waals surface area contributed by atoms with E-state index in [-0.39, 0.29) is 0 Å². The molecular weight excluding hydrogens is 388 g/mol. The van der Waals surface area contributed by atoms with E-state index >= 15 is 0 Å². The third kappa shape index (κ3) is 5.73. The highest BCUT2D eigenvalue weighted by molar-refractivity contribution is 5.36. The van der Waals surface area contributed by atoms with Crippen LogP contribution in [0.15, 0.2) is 115 Å². The molecule has 1 atom stereocenters.